The Kier molecular flexibility index (Phi) is 6.10. The summed E-state index contributed by atoms with van der Waals surface area (Å²) in [6.07, 6.45) is 1.96. The third-order valence-corrected chi connectivity index (χ3v) is 3.55. The average molecular weight is 285 g/mol. The van der Waals surface area contributed by atoms with Crippen LogP contribution in [0.2, 0.25) is 0 Å². The van der Waals surface area contributed by atoms with Crippen LogP contribution in [0.1, 0.15) is 12.0 Å². The van der Waals surface area contributed by atoms with E-state index >= 15 is 0 Å². The van der Waals surface area contributed by atoms with Crippen molar-refractivity contribution in [3.05, 3.63) is 60.2 Å². The third kappa shape index (κ3) is 5.12. The molecule has 0 aliphatic carbocycles. The van der Waals surface area contributed by atoms with Crippen LogP contribution in [0.5, 0.6) is 11.5 Å². The highest BCUT2D eigenvalue weighted by atomic mass is 16.5. The Morgan fingerprint density at radius 2 is 1.62 bits per heavy atom. The molecule has 112 valence electrons. The smallest absolute Gasteiger partial charge is 0.119 e. The topological polar surface area (TPSA) is 44.5 Å². The van der Waals surface area contributed by atoms with Gasteiger partial charge in [0.15, 0.2) is 0 Å². The van der Waals surface area contributed by atoms with Gasteiger partial charge in [0.25, 0.3) is 0 Å². The predicted molar refractivity (Wildman–Crippen MR) is 85.8 cm³/mol. The first-order chi connectivity index (χ1) is 10.3. The van der Waals surface area contributed by atoms with Gasteiger partial charge in [0.1, 0.15) is 11.5 Å². The van der Waals surface area contributed by atoms with E-state index in [1.807, 2.05) is 30.3 Å². The Bertz CT molecular complexity index is 511. The summed E-state index contributed by atoms with van der Waals surface area (Å²) >= 11 is 0. The van der Waals surface area contributed by atoms with Gasteiger partial charge in [-0.05, 0) is 55.1 Å². The van der Waals surface area contributed by atoms with Crippen molar-refractivity contribution in [1.29, 1.82) is 0 Å². The number of hydrogen-bond donors (Lipinski definition) is 1. The van der Waals surface area contributed by atoms with Gasteiger partial charge in [-0.25, -0.2) is 0 Å². The number of methoxy groups -OCH3 is 1. The SMILES string of the molecule is COc1ccc(OCCC(CN)Cc2ccccc2)cc1. The number of rotatable bonds is 8. The summed E-state index contributed by atoms with van der Waals surface area (Å²) in [5.41, 5.74) is 7.20. The maximum atomic E-state index is 5.87. The molecule has 0 aromatic heterocycles. The summed E-state index contributed by atoms with van der Waals surface area (Å²) in [5.74, 6) is 2.16. The second kappa shape index (κ2) is 8.32. The number of ether oxygens (including phenoxy) is 2. The summed E-state index contributed by atoms with van der Waals surface area (Å²) in [5, 5.41) is 0. The van der Waals surface area contributed by atoms with E-state index in [-0.39, 0.29) is 0 Å². The largest absolute Gasteiger partial charge is 0.497 e. The van der Waals surface area contributed by atoms with Crippen LogP contribution >= 0.6 is 0 Å². The van der Waals surface area contributed by atoms with E-state index < -0.39 is 0 Å². The van der Waals surface area contributed by atoms with Gasteiger partial charge in [-0.2, -0.15) is 0 Å². The van der Waals surface area contributed by atoms with Gasteiger partial charge in [0, 0.05) is 0 Å². The Balaban J connectivity index is 1.77. The highest BCUT2D eigenvalue weighted by molar-refractivity contribution is 5.31. The van der Waals surface area contributed by atoms with Crippen molar-refractivity contribution in [2.24, 2.45) is 11.7 Å². The molecule has 0 bridgehead atoms. The second-order valence-corrected chi connectivity index (χ2v) is 5.10. The first-order valence-corrected chi connectivity index (χ1v) is 7.32. The maximum absolute atomic E-state index is 5.87. The highest BCUT2D eigenvalue weighted by Gasteiger charge is 2.08. The standard InChI is InChI=1S/C18H23NO2/c1-20-17-7-9-18(10-8-17)21-12-11-16(14-19)13-15-5-3-2-4-6-15/h2-10,16H,11-14,19H2,1H3. The van der Waals surface area contributed by atoms with Crippen molar-refractivity contribution in [2.75, 3.05) is 20.3 Å². The molecule has 0 heterocycles. The zero-order valence-corrected chi connectivity index (χ0v) is 12.5. The quantitative estimate of drug-likeness (QED) is 0.809. The van der Waals surface area contributed by atoms with Gasteiger partial charge in [-0.15, -0.1) is 0 Å². The number of benzene rings is 2. The fraction of sp³-hybridized carbons (Fsp3) is 0.333. The first kappa shape index (κ1) is 15.4. The average Bonchev–Trinajstić information content (AvgIpc) is 2.55. The van der Waals surface area contributed by atoms with Crippen LogP contribution in [0.4, 0.5) is 0 Å². The molecule has 2 N–H and O–H groups in total. The molecule has 2 rings (SSSR count). The van der Waals surface area contributed by atoms with E-state index in [0.717, 1.165) is 24.3 Å². The summed E-state index contributed by atoms with van der Waals surface area (Å²) in [7, 11) is 1.66. The van der Waals surface area contributed by atoms with E-state index in [1.54, 1.807) is 7.11 Å². The number of hydrogen-bond acceptors (Lipinski definition) is 3. The second-order valence-electron chi connectivity index (χ2n) is 5.10. The molecular weight excluding hydrogens is 262 g/mol. The Labute approximate surface area is 126 Å². The van der Waals surface area contributed by atoms with Crippen molar-refractivity contribution in [2.45, 2.75) is 12.8 Å². The Hall–Kier alpha value is -2.00. The van der Waals surface area contributed by atoms with E-state index in [4.69, 9.17) is 15.2 Å². The van der Waals surface area contributed by atoms with Crippen LogP contribution in [0.15, 0.2) is 54.6 Å². The van der Waals surface area contributed by atoms with Gasteiger partial charge in [0.05, 0.1) is 13.7 Å². The highest BCUT2D eigenvalue weighted by Crippen LogP contribution is 2.18. The van der Waals surface area contributed by atoms with E-state index in [9.17, 15) is 0 Å². The van der Waals surface area contributed by atoms with Crippen LogP contribution in [-0.2, 0) is 6.42 Å². The lowest BCUT2D eigenvalue weighted by atomic mass is 9.97. The van der Waals surface area contributed by atoms with Crippen LogP contribution in [-0.4, -0.2) is 20.3 Å². The van der Waals surface area contributed by atoms with Gasteiger partial charge in [-0.1, -0.05) is 30.3 Å². The van der Waals surface area contributed by atoms with Crippen LogP contribution < -0.4 is 15.2 Å². The van der Waals surface area contributed by atoms with Crippen molar-refractivity contribution >= 4 is 0 Å². The molecule has 0 aliphatic heterocycles. The molecule has 0 saturated carbocycles. The molecule has 0 spiro atoms. The third-order valence-electron chi connectivity index (χ3n) is 3.55. The summed E-state index contributed by atoms with van der Waals surface area (Å²) in [6.45, 7) is 1.36. The molecule has 0 fully saturated rings. The minimum absolute atomic E-state index is 0.450. The molecule has 3 heteroatoms. The first-order valence-electron chi connectivity index (χ1n) is 7.32. The molecule has 1 atom stereocenters. The molecule has 2 aromatic rings. The maximum Gasteiger partial charge on any atom is 0.119 e. The Morgan fingerprint density at radius 3 is 2.24 bits per heavy atom. The normalized spacial score (nSPS) is 11.9. The van der Waals surface area contributed by atoms with E-state index in [2.05, 4.69) is 24.3 Å². The number of nitrogens with two attached hydrogens (primary N) is 1. The molecule has 0 aliphatic rings. The van der Waals surface area contributed by atoms with Gasteiger partial charge < -0.3 is 15.2 Å². The monoisotopic (exact) mass is 285 g/mol. The van der Waals surface area contributed by atoms with E-state index in [0.29, 0.717) is 19.1 Å². The summed E-state index contributed by atoms with van der Waals surface area (Å²) in [6, 6.07) is 18.1. The summed E-state index contributed by atoms with van der Waals surface area (Å²) < 4.78 is 10.9. The van der Waals surface area contributed by atoms with Crippen molar-refractivity contribution < 1.29 is 9.47 Å². The van der Waals surface area contributed by atoms with Crippen molar-refractivity contribution in [3.8, 4) is 11.5 Å². The van der Waals surface area contributed by atoms with Crippen LogP contribution in [0, 0.1) is 5.92 Å². The van der Waals surface area contributed by atoms with Crippen molar-refractivity contribution in [1.82, 2.24) is 0 Å². The molecule has 3 nitrogen and oxygen atoms in total. The van der Waals surface area contributed by atoms with Gasteiger partial charge in [-0.3, -0.25) is 0 Å². The minimum Gasteiger partial charge on any atom is -0.497 e. The molecule has 1 unspecified atom stereocenters. The Morgan fingerprint density at radius 1 is 0.952 bits per heavy atom. The van der Waals surface area contributed by atoms with Crippen molar-refractivity contribution in [3.63, 3.8) is 0 Å². The van der Waals surface area contributed by atoms with Crippen LogP contribution in [0.25, 0.3) is 0 Å². The molecule has 0 amide bonds. The molecule has 21 heavy (non-hydrogen) atoms. The summed E-state index contributed by atoms with van der Waals surface area (Å²) in [4.78, 5) is 0. The van der Waals surface area contributed by atoms with Gasteiger partial charge in [0.2, 0.25) is 0 Å². The lowest BCUT2D eigenvalue weighted by molar-refractivity contribution is 0.278. The van der Waals surface area contributed by atoms with Crippen LogP contribution in [0.3, 0.4) is 0 Å². The predicted octanol–water partition coefficient (Wildman–Crippen LogP) is 3.28. The fourth-order valence-corrected chi connectivity index (χ4v) is 2.27. The molecule has 0 saturated heterocycles. The lowest BCUT2D eigenvalue weighted by Gasteiger charge is -2.15. The zero-order valence-electron chi connectivity index (χ0n) is 12.5. The fourth-order valence-electron chi connectivity index (χ4n) is 2.27. The minimum atomic E-state index is 0.450. The molecule has 2 aromatic carbocycles. The van der Waals surface area contributed by atoms with E-state index in [1.165, 1.54) is 5.56 Å². The zero-order chi connectivity index (χ0) is 14.9. The lowest BCUT2D eigenvalue weighted by Crippen LogP contribution is -2.19. The molecule has 0 radical (unpaired) electrons. The van der Waals surface area contributed by atoms with Gasteiger partial charge >= 0.3 is 0 Å². The molecular formula is C18H23NO2.